The van der Waals surface area contributed by atoms with Crippen molar-refractivity contribution in [2.24, 2.45) is 5.92 Å². The first-order chi connectivity index (χ1) is 19.3. The third-order valence-electron chi connectivity index (χ3n) is 7.09. The number of rotatable bonds is 8. The van der Waals surface area contributed by atoms with Crippen LogP contribution >= 0.6 is 0 Å². The lowest BCUT2D eigenvalue weighted by atomic mass is 9.98. The highest BCUT2D eigenvalue weighted by Gasteiger charge is 2.47. The second-order valence-electron chi connectivity index (χ2n) is 9.67. The number of alkyl halides is 3. The summed E-state index contributed by atoms with van der Waals surface area (Å²) in [7, 11) is -4.29. The summed E-state index contributed by atoms with van der Waals surface area (Å²) in [6, 6.07) is 13.0. The smallest absolute Gasteiger partial charge is 0.496 e. The molecular formula is C29H28F4N2O5S. The van der Waals surface area contributed by atoms with E-state index < -0.39 is 49.8 Å². The molecule has 1 aliphatic rings. The van der Waals surface area contributed by atoms with Crippen LogP contribution in [0, 0.1) is 11.7 Å². The van der Waals surface area contributed by atoms with Crippen molar-refractivity contribution >= 4 is 27.3 Å². The van der Waals surface area contributed by atoms with Gasteiger partial charge in [-0.1, -0.05) is 43.7 Å². The number of halogens is 4. The zero-order valence-electron chi connectivity index (χ0n) is 22.2. The van der Waals surface area contributed by atoms with Crippen molar-refractivity contribution in [1.82, 2.24) is 5.32 Å². The van der Waals surface area contributed by atoms with Crippen LogP contribution in [0.25, 0.3) is 11.1 Å². The Morgan fingerprint density at radius 2 is 1.73 bits per heavy atom. The largest absolute Gasteiger partial charge is 0.501 e. The van der Waals surface area contributed by atoms with E-state index in [1.807, 2.05) is 19.1 Å². The molecule has 3 aromatic rings. The number of hydrogen-bond donors (Lipinski definition) is 2. The number of ether oxygens (including phenoxy) is 1. The van der Waals surface area contributed by atoms with Gasteiger partial charge in [-0.3, -0.25) is 9.59 Å². The number of aryl methyl sites for hydroxylation is 1. The molecule has 7 nitrogen and oxygen atoms in total. The van der Waals surface area contributed by atoms with Crippen molar-refractivity contribution in [3.8, 4) is 16.9 Å². The van der Waals surface area contributed by atoms with Crippen LogP contribution in [0.15, 0.2) is 65.6 Å². The van der Waals surface area contributed by atoms with E-state index in [1.54, 1.807) is 12.1 Å². The van der Waals surface area contributed by atoms with Crippen LogP contribution in [0.1, 0.15) is 42.1 Å². The van der Waals surface area contributed by atoms with Crippen LogP contribution in [0.3, 0.4) is 0 Å². The minimum Gasteiger partial charge on any atom is -0.496 e. The number of benzene rings is 3. The average Bonchev–Trinajstić information content (AvgIpc) is 3.40. The zero-order valence-corrected chi connectivity index (χ0v) is 23.0. The lowest BCUT2D eigenvalue weighted by Gasteiger charge is -2.22. The number of methoxy groups -OCH3 is 1. The molecule has 0 heterocycles. The topological polar surface area (TPSA) is 102 Å². The van der Waals surface area contributed by atoms with E-state index >= 15 is 0 Å². The number of nitrogens with one attached hydrogen (secondary N) is 2. The first kappa shape index (κ1) is 30.0. The van der Waals surface area contributed by atoms with Crippen LogP contribution in [0.4, 0.5) is 23.2 Å². The molecule has 2 atom stereocenters. The lowest BCUT2D eigenvalue weighted by Crippen LogP contribution is -2.42. The summed E-state index contributed by atoms with van der Waals surface area (Å²) in [5.41, 5.74) is -3.70. The van der Waals surface area contributed by atoms with Gasteiger partial charge >= 0.3 is 5.51 Å². The molecule has 0 bridgehead atoms. The van der Waals surface area contributed by atoms with Crippen molar-refractivity contribution < 1.29 is 40.3 Å². The number of amides is 2. The summed E-state index contributed by atoms with van der Waals surface area (Å²) in [6.45, 7) is 2.00. The summed E-state index contributed by atoms with van der Waals surface area (Å²) in [5.74, 6) is -2.48. The van der Waals surface area contributed by atoms with Crippen molar-refractivity contribution in [2.45, 2.75) is 49.1 Å². The number of carbonyl (C=O) groups excluding carboxylic acids is 2. The first-order valence-corrected chi connectivity index (χ1v) is 14.3. The van der Waals surface area contributed by atoms with Gasteiger partial charge in [-0.05, 0) is 54.7 Å². The fraction of sp³-hybridized carbons (Fsp3) is 0.310. The maximum Gasteiger partial charge on any atom is 0.501 e. The minimum absolute atomic E-state index is 0.00983. The Bertz CT molecular complexity index is 1560. The normalized spacial score (nSPS) is 17.2. The van der Waals surface area contributed by atoms with E-state index in [0.717, 1.165) is 36.2 Å². The van der Waals surface area contributed by atoms with Gasteiger partial charge in [-0.2, -0.15) is 13.2 Å². The summed E-state index contributed by atoms with van der Waals surface area (Å²) >= 11 is 0. The first-order valence-electron chi connectivity index (χ1n) is 12.9. The third kappa shape index (κ3) is 6.37. The van der Waals surface area contributed by atoms with Crippen LogP contribution in [-0.2, 0) is 21.1 Å². The fourth-order valence-electron chi connectivity index (χ4n) is 4.84. The van der Waals surface area contributed by atoms with Crippen LogP contribution in [0.5, 0.6) is 5.75 Å². The summed E-state index contributed by atoms with van der Waals surface area (Å²) in [5, 5.41) is 5.28. The maximum absolute atomic E-state index is 14.9. The molecule has 2 N–H and O–H groups in total. The van der Waals surface area contributed by atoms with E-state index in [-0.39, 0.29) is 22.6 Å². The molecule has 0 saturated heterocycles. The number of anilines is 1. The molecule has 0 spiro atoms. The van der Waals surface area contributed by atoms with Crippen molar-refractivity contribution in [3.05, 3.63) is 77.6 Å². The van der Waals surface area contributed by atoms with Crippen molar-refractivity contribution in [3.63, 3.8) is 0 Å². The highest BCUT2D eigenvalue weighted by molar-refractivity contribution is 7.92. The maximum atomic E-state index is 14.9. The number of sulfone groups is 1. The van der Waals surface area contributed by atoms with E-state index in [0.29, 0.717) is 24.8 Å². The van der Waals surface area contributed by atoms with Gasteiger partial charge in [-0.25, -0.2) is 12.8 Å². The third-order valence-corrected chi connectivity index (χ3v) is 8.58. The van der Waals surface area contributed by atoms with Gasteiger partial charge in [0.15, 0.2) is 0 Å². The second kappa shape index (κ2) is 11.9. The minimum atomic E-state index is -5.59. The standard InChI is InChI=1S/C29H28F4N2O5S/c1-3-17-10-12-18(13-11-17)22-15-23(26(40-2)16-24(22)30)28(37)35-25-9-5-8-21(25)27(36)34-19-6-4-7-20(14-19)41(38,39)29(31,32)33/h4,6-7,10-16,21,25H,3,5,8-9H2,1-2H3,(H,34,36)(H,35,37)/t21-,25+/m0/s1. The van der Waals surface area contributed by atoms with E-state index in [4.69, 9.17) is 4.74 Å². The molecule has 1 saturated carbocycles. The highest BCUT2D eigenvalue weighted by Crippen LogP contribution is 2.34. The molecular weight excluding hydrogens is 564 g/mol. The van der Waals surface area contributed by atoms with E-state index in [1.165, 1.54) is 19.2 Å². The molecule has 0 aliphatic heterocycles. The Hall–Kier alpha value is -3.93. The molecule has 3 aromatic carbocycles. The fourth-order valence-corrected chi connectivity index (χ4v) is 5.65. The quantitative estimate of drug-likeness (QED) is 0.318. The molecule has 0 aromatic heterocycles. The number of hydrogen-bond acceptors (Lipinski definition) is 5. The molecule has 41 heavy (non-hydrogen) atoms. The van der Waals surface area contributed by atoms with Crippen molar-refractivity contribution in [1.29, 1.82) is 0 Å². The molecule has 218 valence electrons. The van der Waals surface area contributed by atoms with Gasteiger partial charge in [0.1, 0.15) is 11.6 Å². The van der Waals surface area contributed by atoms with Gasteiger partial charge in [-0.15, -0.1) is 0 Å². The van der Waals surface area contributed by atoms with Crippen LogP contribution in [-0.4, -0.2) is 38.9 Å². The van der Waals surface area contributed by atoms with Gasteiger partial charge < -0.3 is 15.4 Å². The molecule has 0 radical (unpaired) electrons. The highest BCUT2D eigenvalue weighted by atomic mass is 32.2. The van der Waals surface area contributed by atoms with Crippen LogP contribution < -0.4 is 15.4 Å². The van der Waals surface area contributed by atoms with Gasteiger partial charge in [0.05, 0.1) is 23.5 Å². The van der Waals surface area contributed by atoms with Gasteiger partial charge in [0.2, 0.25) is 5.91 Å². The van der Waals surface area contributed by atoms with E-state index in [9.17, 15) is 35.6 Å². The second-order valence-corrected chi connectivity index (χ2v) is 11.6. The molecule has 1 fully saturated rings. The molecule has 1 aliphatic carbocycles. The van der Waals surface area contributed by atoms with Crippen LogP contribution in [0.2, 0.25) is 0 Å². The Morgan fingerprint density at radius 1 is 1.02 bits per heavy atom. The predicted octanol–water partition coefficient (Wildman–Crippen LogP) is 5.89. The zero-order chi connectivity index (χ0) is 29.9. The summed E-state index contributed by atoms with van der Waals surface area (Å²) in [4.78, 5) is 25.4. The Labute approximate surface area is 234 Å². The SMILES string of the molecule is CCc1ccc(-c2cc(C(=O)N[C@@H]3CCC[C@@H]3C(=O)Nc3cccc(S(=O)(=O)C(F)(F)F)c3)c(OC)cc2F)cc1. The van der Waals surface area contributed by atoms with Gasteiger partial charge in [0.25, 0.3) is 15.7 Å². The molecule has 4 rings (SSSR count). The monoisotopic (exact) mass is 592 g/mol. The Morgan fingerprint density at radius 3 is 2.37 bits per heavy atom. The lowest BCUT2D eigenvalue weighted by molar-refractivity contribution is -0.120. The Kier molecular flexibility index (Phi) is 8.71. The number of carbonyl (C=O) groups is 2. The summed E-state index contributed by atoms with van der Waals surface area (Å²) in [6.07, 6.45) is 2.22. The predicted molar refractivity (Wildman–Crippen MR) is 145 cm³/mol. The molecule has 2 amide bonds. The Balaban J connectivity index is 1.53. The summed E-state index contributed by atoms with van der Waals surface area (Å²) < 4.78 is 82.5. The van der Waals surface area contributed by atoms with Crippen molar-refractivity contribution in [2.75, 3.05) is 12.4 Å². The van der Waals surface area contributed by atoms with Gasteiger partial charge in [0, 0.05) is 23.4 Å². The average molecular weight is 593 g/mol. The molecule has 12 heteroatoms. The van der Waals surface area contributed by atoms with E-state index in [2.05, 4.69) is 10.6 Å². The molecule has 0 unspecified atom stereocenters.